The van der Waals surface area contributed by atoms with Crippen molar-refractivity contribution in [1.82, 2.24) is 10.9 Å². The highest BCUT2D eigenvalue weighted by atomic mass is 16.6. The van der Waals surface area contributed by atoms with Gasteiger partial charge in [0.2, 0.25) is 0 Å². The number of nitrogens with zero attached hydrogens (tertiary/aromatic N) is 1. The van der Waals surface area contributed by atoms with Gasteiger partial charge in [0.1, 0.15) is 0 Å². The molecule has 0 bridgehead atoms. The lowest BCUT2D eigenvalue weighted by atomic mass is 10.1. The van der Waals surface area contributed by atoms with Gasteiger partial charge in [0.05, 0.1) is 4.92 Å². The Morgan fingerprint density at radius 2 is 1.40 bits per heavy atom. The summed E-state index contributed by atoms with van der Waals surface area (Å²) in [5.41, 5.74) is 4.82. The molecule has 7 heteroatoms. The van der Waals surface area contributed by atoms with E-state index in [0.29, 0.717) is 5.56 Å². The number of benzene rings is 3. The van der Waals surface area contributed by atoms with Crippen LogP contribution in [0.2, 0.25) is 0 Å². The first-order chi connectivity index (χ1) is 12.0. The number of non-ortho nitro benzene ring substituents is 1. The van der Waals surface area contributed by atoms with Crippen LogP contribution in [-0.2, 0) is 0 Å². The first-order valence-corrected chi connectivity index (χ1v) is 7.38. The van der Waals surface area contributed by atoms with Crippen LogP contribution >= 0.6 is 0 Å². The van der Waals surface area contributed by atoms with Gasteiger partial charge < -0.3 is 0 Å². The number of rotatable bonds is 3. The Labute approximate surface area is 142 Å². The Balaban J connectivity index is 1.69. The summed E-state index contributed by atoms with van der Waals surface area (Å²) >= 11 is 0. The molecule has 124 valence electrons. The van der Waals surface area contributed by atoms with Crippen LogP contribution in [-0.4, -0.2) is 16.7 Å². The molecule has 0 unspecified atom stereocenters. The van der Waals surface area contributed by atoms with Gasteiger partial charge >= 0.3 is 0 Å². The maximum atomic E-state index is 12.2. The minimum Gasteiger partial charge on any atom is -0.267 e. The molecule has 2 amide bonds. The van der Waals surface area contributed by atoms with E-state index in [1.165, 1.54) is 18.2 Å². The van der Waals surface area contributed by atoms with Gasteiger partial charge in [0.15, 0.2) is 0 Å². The van der Waals surface area contributed by atoms with Crippen molar-refractivity contribution in [3.8, 4) is 0 Å². The molecule has 0 aliphatic rings. The molecule has 0 saturated heterocycles. The Morgan fingerprint density at radius 3 is 2.08 bits per heavy atom. The van der Waals surface area contributed by atoms with Crippen LogP contribution in [0.4, 0.5) is 5.69 Å². The number of hydrogen-bond donors (Lipinski definition) is 2. The Kier molecular flexibility index (Phi) is 4.38. The second kappa shape index (κ2) is 6.79. The number of carbonyl (C=O) groups is 2. The second-order valence-corrected chi connectivity index (χ2v) is 5.28. The largest absolute Gasteiger partial charge is 0.270 e. The molecule has 0 aromatic heterocycles. The van der Waals surface area contributed by atoms with Gasteiger partial charge in [-0.05, 0) is 29.0 Å². The molecule has 0 aliphatic heterocycles. The van der Waals surface area contributed by atoms with E-state index in [-0.39, 0.29) is 11.3 Å². The van der Waals surface area contributed by atoms with E-state index in [0.717, 1.165) is 16.8 Å². The van der Waals surface area contributed by atoms with Crippen LogP contribution in [0.1, 0.15) is 20.7 Å². The van der Waals surface area contributed by atoms with Crippen LogP contribution < -0.4 is 10.9 Å². The normalized spacial score (nSPS) is 10.2. The fraction of sp³-hybridized carbons (Fsp3) is 0. The molecule has 0 spiro atoms. The zero-order chi connectivity index (χ0) is 17.8. The number of fused-ring (bicyclic) bond motifs is 1. The summed E-state index contributed by atoms with van der Waals surface area (Å²) < 4.78 is 0. The minimum absolute atomic E-state index is 0.0769. The summed E-state index contributed by atoms with van der Waals surface area (Å²) in [6.45, 7) is 0. The van der Waals surface area contributed by atoms with E-state index in [2.05, 4.69) is 10.9 Å². The lowest BCUT2D eigenvalue weighted by Crippen LogP contribution is -2.41. The van der Waals surface area contributed by atoms with Crippen molar-refractivity contribution < 1.29 is 14.5 Å². The molecule has 0 heterocycles. The second-order valence-electron chi connectivity index (χ2n) is 5.28. The van der Waals surface area contributed by atoms with Crippen LogP contribution in [0.5, 0.6) is 0 Å². The molecule has 0 fully saturated rings. The number of amides is 2. The molecule has 3 aromatic rings. The van der Waals surface area contributed by atoms with Crippen molar-refractivity contribution in [3.63, 3.8) is 0 Å². The lowest BCUT2D eigenvalue weighted by molar-refractivity contribution is -0.384. The molecule has 0 aliphatic carbocycles. The number of nitrogens with one attached hydrogen (secondary N) is 2. The monoisotopic (exact) mass is 335 g/mol. The zero-order valence-corrected chi connectivity index (χ0v) is 12.9. The number of hydrogen-bond acceptors (Lipinski definition) is 4. The average Bonchev–Trinajstić information content (AvgIpc) is 2.65. The lowest BCUT2D eigenvalue weighted by Gasteiger charge is -2.08. The topological polar surface area (TPSA) is 101 Å². The molecule has 25 heavy (non-hydrogen) atoms. The highest BCUT2D eigenvalue weighted by molar-refractivity contribution is 6.01. The number of carbonyl (C=O) groups excluding carboxylic acids is 2. The van der Waals surface area contributed by atoms with E-state index >= 15 is 0 Å². The van der Waals surface area contributed by atoms with Crippen molar-refractivity contribution in [3.05, 3.63) is 88.0 Å². The van der Waals surface area contributed by atoms with Gasteiger partial charge in [-0.3, -0.25) is 30.6 Å². The maximum absolute atomic E-state index is 12.2. The van der Waals surface area contributed by atoms with E-state index in [9.17, 15) is 19.7 Å². The fourth-order valence-corrected chi connectivity index (χ4v) is 2.35. The van der Waals surface area contributed by atoms with Crippen molar-refractivity contribution >= 4 is 28.3 Å². The Bertz CT molecular complexity index is 985. The third-order valence-corrected chi connectivity index (χ3v) is 3.62. The molecular weight excluding hydrogens is 322 g/mol. The highest BCUT2D eigenvalue weighted by Gasteiger charge is 2.13. The smallest absolute Gasteiger partial charge is 0.267 e. The van der Waals surface area contributed by atoms with E-state index < -0.39 is 16.7 Å². The Hall–Kier alpha value is -3.74. The number of nitro benzene ring substituents is 1. The van der Waals surface area contributed by atoms with Crippen LogP contribution in [0, 0.1) is 10.1 Å². The SMILES string of the molecule is O=C(NNC(=O)c1ccc2ccccc2c1)c1cccc([N+](=O)[O-])c1. The van der Waals surface area contributed by atoms with Crippen molar-refractivity contribution in [1.29, 1.82) is 0 Å². The van der Waals surface area contributed by atoms with Crippen molar-refractivity contribution in [2.75, 3.05) is 0 Å². The van der Waals surface area contributed by atoms with E-state index in [4.69, 9.17) is 0 Å². The van der Waals surface area contributed by atoms with Gasteiger partial charge in [-0.25, -0.2) is 0 Å². The van der Waals surface area contributed by atoms with Crippen molar-refractivity contribution in [2.24, 2.45) is 0 Å². The quantitative estimate of drug-likeness (QED) is 0.567. The molecule has 3 aromatic carbocycles. The molecule has 0 saturated carbocycles. The standard InChI is InChI=1S/C18H13N3O4/c22-17(14-6-3-7-16(11-14)21(24)25)19-20-18(23)15-9-8-12-4-1-2-5-13(12)10-15/h1-11H,(H,19,22)(H,20,23). The maximum Gasteiger partial charge on any atom is 0.270 e. The molecular formula is C18H13N3O4. The van der Waals surface area contributed by atoms with Gasteiger partial charge in [0, 0.05) is 23.3 Å². The van der Waals surface area contributed by atoms with Crippen LogP contribution in [0.3, 0.4) is 0 Å². The summed E-state index contributed by atoms with van der Waals surface area (Å²) in [4.78, 5) is 34.3. The molecule has 7 nitrogen and oxygen atoms in total. The van der Waals surface area contributed by atoms with Crippen LogP contribution in [0.25, 0.3) is 10.8 Å². The zero-order valence-electron chi connectivity index (χ0n) is 12.9. The Morgan fingerprint density at radius 1 is 0.760 bits per heavy atom. The third kappa shape index (κ3) is 3.61. The van der Waals surface area contributed by atoms with Gasteiger partial charge in [0.25, 0.3) is 17.5 Å². The fourth-order valence-electron chi connectivity index (χ4n) is 2.35. The minimum atomic E-state index is -0.641. The van der Waals surface area contributed by atoms with Gasteiger partial charge in [-0.1, -0.05) is 36.4 Å². The first kappa shape index (κ1) is 16.1. The first-order valence-electron chi connectivity index (χ1n) is 7.38. The molecule has 3 rings (SSSR count). The number of nitro groups is 1. The van der Waals surface area contributed by atoms with Gasteiger partial charge in [-0.15, -0.1) is 0 Å². The molecule has 0 atom stereocenters. The third-order valence-electron chi connectivity index (χ3n) is 3.62. The van der Waals surface area contributed by atoms with E-state index in [1.54, 1.807) is 12.1 Å². The summed E-state index contributed by atoms with van der Waals surface area (Å²) in [6, 6.07) is 18.0. The molecule has 2 N–H and O–H groups in total. The van der Waals surface area contributed by atoms with Gasteiger partial charge in [-0.2, -0.15) is 0 Å². The predicted molar refractivity (Wildman–Crippen MR) is 92.0 cm³/mol. The summed E-state index contributed by atoms with van der Waals surface area (Å²) in [5, 5.41) is 12.6. The van der Waals surface area contributed by atoms with E-state index in [1.807, 2.05) is 30.3 Å². The predicted octanol–water partition coefficient (Wildman–Crippen LogP) is 2.82. The molecule has 0 radical (unpaired) electrons. The van der Waals surface area contributed by atoms with Crippen LogP contribution in [0.15, 0.2) is 66.7 Å². The average molecular weight is 335 g/mol. The highest BCUT2D eigenvalue weighted by Crippen LogP contribution is 2.15. The number of hydrazine groups is 1. The summed E-state index contributed by atoms with van der Waals surface area (Å²) in [7, 11) is 0. The summed E-state index contributed by atoms with van der Waals surface area (Å²) in [5.74, 6) is -1.12. The van der Waals surface area contributed by atoms with Crippen molar-refractivity contribution in [2.45, 2.75) is 0 Å². The summed E-state index contributed by atoms with van der Waals surface area (Å²) in [6.07, 6.45) is 0.